The molecule has 2 nitrogen and oxygen atoms in total. The monoisotopic (exact) mass is 291 g/mol. The number of alkyl halides is 2. The van der Waals surface area contributed by atoms with Crippen LogP contribution in [0.1, 0.15) is 29.3 Å². The van der Waals surface area contributed by atoms with Gasteiger partial charge in [0.05, 0.1) is 5.54 Å². The number of hydrogen-bond donors (Lipinski definition) is 1. The predicted molar refractivity (Wildman–Crippen MR) is 73.1 cm³/mol. The number of hydrogen-bond acceptors (Lipinski definition) is 1. The maximum atomic E-state index is 13.0. The number of carbonyl (C=O) groups excluding carboxylic acids is 1. The molecule has 0 aliphatic rings. The summed E-state index contributed by atoms with van der Waals surface area (Å²) in [5.41, 5.74) is 0.396. The molecule has 0 atom stereocenters. The molecule has 0 saturated heterocycles. The van der Waals surface area contributed by atoms with E-state index in [0.29, 0.717) is 17.5 Å². The average molecular weight is 292 g/mol. The lowest BCUT2D eigenvalue weighted by Crippen LogP contribution is -2.51. The molecule has 0 bridgehead atoms. The first kappa shape index (κ1) is 15.3. The Balaban J connectivity index is 2.94. The predicted octanol–water partition coefficient (Wildman–Crippen LogP) is 3.49. The Morgan fingerprint density at radius 3 is 2.44 bits per heavy atom. The quantitative estimate of drug-likeness (QED) is 0.827. The van der Waals surface area contributed by atoms with Crippen molar-refractivity contribution in [2.45, 2.75) is 25.8 Å². The standard InChI is InChI=1S/C13H16Cl2FNO/c1-3-13(7-14,8-15)17-12(18)11-5-4-10(16)6-9(11)2/h4-6H,3,7-8H2,1-2H3,(H,17,18). The highest BCUT2D eigenvalue weighted by Crippen LogP contribution is 2.17. The van der Waals surface area contributed by atoms with E-state index < -0.39 is 5.54 Å². The number of nitrogens with one attached hydrogen (secondary N) is 1. The second kappa shape index (κ2) is 6.39. The summed E-state index contributed by atoms with van der Waals surface area (Å²) in [6, 6.07) is 4.05. The van der Waals surface area contributed by atoms with Crippen molar-refractivity contribution in [3.8, 4) is 0 Å². The summed E-state index contributed by atoms with van der Waals surface area (Å²) < 4.78 is 13.0. The molecule has 0 aliphatic heterocycles. The Kier molecular flexibility index (Phi) is 5.42. The molecule has 0 saturated carbocycles. The van der Waals surface area contributed by atoms with E-state index in [1.54, 1.807) is 6.92 Å². The first-order valence-electron chi connectivity index (χ1n) is 5.68. The largest absolute Gasteiger partial charge is 0.344 e. The van der Waals surface area contributed by atoms with Crippen LogP contribution in [0.15, 0.2) is 18.2 Å². The van der Waals surface area contributed by atoms with Crippen LogP contribution >= 0.6 is 23.2 Å². The first-order chi connectivity index (χ1) is 8.48. The van der Waals surface area contributed by atoms with E-state index in [2.05, 4.69) is 5.32 Å². The smallest absolute Gasteiger partial charge is 0.252 e. The van der Waals surface area contributed by atoms with Crippen molar-refractivity contribution < 1.29 is 9.18 Å². The van der Waals surface area contributed by atoms with Crippen LogP contribution in [0, 0.1) is 12.7 Å². The van der Waals surface area contributed by atoms with Crippen molar-refractivity contribution in [3.05, 3.63) is 35.1 Å². The fourth-order valence-corrected chi connectivity index (χ4v) is 2.37. The van der Waals surface area contributed by atoms with E-state index in [4.69, 9.17) is 23.2 Å². The highest BCUT2D eigenvalue weighted by molar-refractivity contribution is 6.22. The van der Waals surface area contributed by atoms with Gasteiger partial charge in [-0.3, -0.25) is 4.79 Å². The molecule has 100 valence electrons. The molecule has 0 radical (unpaired) electrons. The molecule has 18 heavy (non-hydrogen) atoms. The topological polar surface area (TPSA) is 29.1 Å². The van der Waals surface area contributed by atoms with Crippen LogP contribution in [0.5, 0.6) is 0 Å². The molecule has 1 amide bonds. The fraction of sp³-hybridized carbons (Fsp3) is 0.462. The molecule has 0 aromatic heterocycles. The minimum atomic E-state index is -0.624. The number of halogens is 3. The van der Waals surface area contributed by atoms with Gasteiger partial charge in [0.15, 0.2) is 0 Å². The van der Waals surface area contributed by atoms with Gasteiger partial charge in [-0.25, -0.2) is 4.39 Å². The van der Waals surface area contributed by atoms with Crippen LogP contribution in [0.4, 0.5) is 4.39 Å². The summed E-state index contributed by atoms with van der Waals surface area (Å²) in [5, 5.41) is 2.83. The minimum absolute atomic E-state index is 0.235. The van der Waals surface area contributed by atoms with Gasteiger partial charge in [-0.2, -0.15) is 0 Å². The zero-order valence-electron chi connectivity index (χ0n) is 10.4. The Bertz CT molecular complexity index is 425. The van der Waals surface area contributed by atoms with Crippen LogP contribution in [-0.2, 0) is 0 Å². The van der Waals surface area contributed by atoms with Crippen LogP contribution < -0.4 is 5.32 Å². The number of rotatable bonds is 5. The maximum Gasteiger partial charge on any atom is 0.252 e. The van der Waals surface area contributed by atoms with E-state index in [1.807, 2.05) is 6.92 Å². The third kappa shape index (κ3) is 3.36. The summed E-state index contributed by atoms with van der Waals surface area (Å²) in [6.07, 6.45) is 0.631. The Labute approximate surface area is 116 Å². The van der Waals surface area contributed by atoms with E-state index in [-0.39, 0.29) is 23.5 Å². The second-order valence-electron chi connectivity index (χ2n) is 4.31. The van der Waals surface area contributed by atoms with Gasteiger partial charge in [0.1, 0.15) is 5.82 Å². The van der Waals surface area contributed by atoms with Crippen molar-refractivity contribution in [1.82, 2.24) is 5.32 Å². The Morgan fingerprint density at radius 1 is 1.39 bits per heavy atom. The van der Waals surface area contributed by atoms with Crippen LogP contribution in [-0.4, -0.2) is 23.2 Å². The van der Waals surface area contributed by atoms with Crippen molar-refractivity contribution in [2.24, 2.45) is 0 Å². The molecule has 1 aromatic rings. The van der Waals surface area contributed by atoms with Crippen molar-refractivity contribution in [1.29, 1.82) is 0 Å². The highest BCUT2D eigenvalue weighted by atomic mass is 35.5. The summed E-state index contributed by atoms with van der Waals surface area (Å²) in [4.78, 5) is 12.1. The lowest BCUT2D eigenvalue weighted by Gasteiger charge is -2.29. The van der Waals surface area contributed by atoms with Crippen LogP contribution in [0.2, 0.25) is 0 Å². The van der Waals surface area contributed by atoms with Crippen LogP contribution in [0.25, 0.3) is 0 Å². The van der Waals surface area contributed by atoms with E-state index in [0.717, 1.165) is 0 Å². The molecule has 0 fully saturated rings. The third-order valence-electron chi connectivity index (χ3n) is 3.00. The Morgan fingerprint density at radius 2 is 2.00 bits per heavy atom. The third-order valence-corrected chi connectivity index (χ3v) is 4.02. The van der Waals surface area contributed by atoms with Gasteiger partial charge in [-0.15, -0.1) is 23.2 Å². The first-order valence-corrected chi connectivity index (χ1v) is 6.75. The van der Waals surface area contributed by atoms with Crippen LogP contribution in [0.3, 0.4) is 0 Å². The summed E-state index contributed by atoms with van der Waals surface area (Å²) in [6.45, 7) is 3.59. The number of carbonyl (C=O) groups is 1. The maximum absolute atomic E-state index is 13.0. The number of benzene rings is 1. The summed E-state index contributed by atoms with van der Waals surface area (Å²) >= 11 is 11.7. The van der Waals surface area contributed by atoms with Gasteiger partial charge in [-0.1, -0.05) is 6.92 Å². The minimum Gasteiger partial charge on any atom is -0.344 e. The molecule has 0 unspecified atom stereocenters. The van der Waals surface area contributed by atoms with E-state index in [9.17, 15) is 9.18 Å². The Hall–Kier alpha value is -0.800. The zero-order valence-corrected chi connectivity index (χ0v) is 11.9. The van der Waals surface area contributed by atoms with Gasteiger partial charge >= 0.3 is 0 Å². The van der Waals surface area contributed by atoms with Gasteiger partial charge in [0.25, 0.3) is 5.91 Å². The molecular formula is C13H16Cl2FNO. The molecule has 1 aromatic carbocycles. The van der Waals surface area contributed by atoms with Crippen molar-refractivity contribution in [2.75, 3.05) is 11.8 Å². The normalized spacial score (nSPS) is 11.4. The molecule has 1 N–H and O–H groups in total. The molecule has 5 heteroatoms. The second-order valence-corrected chi connectivity index (χ2v) is 4.85. The van der Waals surface area contributed by atoms with Crippen molar-refractivity contribution in [3.63, 3.8) is 0 Å². The molecule has 1 rings (SSSR count). The van der Waals surface area contributed by atoms with E-state index >= 15 is 0 Å². The fourth-order valence-electron chi connectivity index (χ4n) is 1.57. The van der Waals surface area contributed by atoms with Gasteiger partial charge in [-0.05, 0) is 37.1 Å². The summed E-state index contributed by atoms with van der Waals surface area (Å²) in [7, 11) is 0. The molecular weight excluding hydrogens is 276 g/mol. The van der Waals surface area contributed by atoms with Gasteiger partial charge in [0, 0.05) is 17.3 Å². The molecule has 0 aliphatic carbocycles. The SMILES string of the molecule is CCC(CCl)(CCl)NC(=O)c1ccc(F)cc1C. The van der Waals surface area contributed by atoms with Gasteiger partial charge < -0.3 is 5.32 Å². The van der Waals surface area contributed by atoms with Gasteiger partial charge in [0.2, 0.25) is 0 Å². The summed E-state index contributed by atoms with van der Waals surface area (Å²) in [5.74, 6) is -0.172. The molecule has 0 heterocycles. The van der Waals surface area contributed by atoms with Crippen molar-refractivity contribution >= 4 is 29.1 Å². The highest BCUT2D eigenvalue weighted by Gasteiger charge is 2.29. The van der Waals surface area contributed by atoms with E-state index in [1.165, 1.54) is 18.2 Å². The molecule has 0 spiro atoms. The lowest BCUT2D eigenvalue weighted by molar-refractivity contribution is 0.0913. The lowest BCUT2D eigenvalue weighted by atomic mass is 9.99. The number of aryl methyl sites for hydroxylation is 1. The number of amides is 1. The average Bonchev–Trinajstić information content (AvgIpc) is 2.36. The zero-order chi connectivity index (χ0) is 13.8.